The molecule has 1 aliphatic rings. The van der Waals surface area contributed by atoms with Gasteiger partial charge in [0.2, 0.25) is 5.91 Å². The van der Waals surface area contributed by atoms with Gasteiger partial charge in [0.05, 0.1) is 25.7 Å². The molecule has 1 aliphatic heterocycles. The lowest BCUT2D eigenvalue weighted by Crippen LogP contribution is -2.45. The van der Waals surface area contributed by atoms with E-state index in [-0.39, 0.29) is 29.5 Å². The van der Waals surface area contributed by atoms with Crippen molar-refractivity contribution in [3.8, 4) is 0 Å². The molecule has 0 spiro atoms. The van der Waals surface area contributed by atoms with E-state index in [0.29, 0.717) is 19.8 Å². The normalized spacial score (nSPS) is 17.0. The molecule has 1 amide bonds. The fraction of sp³-hybridized carbons (Fsp3) is 0.562. The molecule has 0 bridgehead atoms. The van der Waals surface area contributed by atoms with Crippen LogP contribution in [0.1, 0.15) is 5.56 Å². The number of carbonyl (C=O) groups excluding carboxylic acids is 1. The minimum Gasteiger partial charge on any atom is -0.390 e. The van der Waals surface area contributed by atoms with Crippen LogP contribution >= 0.6 is 11.6 Å². The third-order valence-electron chi connectivity index (χ3n) is 3.87. The van der Waals surface area contributed by atoms with E-state index in [1.54, 1.807) is 13.1 Å². The number of ether oxygens (including phenoxy) is 1. The van der Waals surface area contributed by atoms with Gasteiger partial charge in [-0.05, 0) is 12.1 Å². The first kappa shape index (κ1) is 18.1. The monoisotopic (exact) mass is 344 g/mol. The third-order valence-corrected chi connectivity index (χ3v) is 4.23. The highest BCUT2D eigenvalue weighted by atomic mass is 35.5. The van der Waals surface area contributed by atoms with E-state index in [9.17, 15) is 14.3 Å². The topological polar surface area (TPSA) is 53.0 Å². The van der Waals surface area contributed by atoms with Gasteiger partial charge < -0.3 is 14.7 Å². The molecule has 0 aliphatic carbocycles. The van der Waals surface area contributed by atoms with E-state index in [1.165, 1.54) is 17.0 Å². The maximum Gasteiger partial charge on any atom is 0.226 e. The molecule has 1 N–H and O–H groups in total. The van der Waals surface area contributed by atoms with Crippen molar-refractivity contribution in [2.45, 2.75) is 12.5 Å². The number of aliphatic hydroxyl groups excluding tert-OH is 1. The predicted octanol–water partition coefficient (Wildman–Crippen LogP) is 1.17. The van der Waals surface area contributed by atoms with Crippen molar-refractivity contribution in [3.05, 3.63) is 34.6 Å². The molecule has 0 saturated carbocycles. The average molecular weight is 345 g/mol. The Hall–Kier alpha value is -1.21. The van der Waals surface area contributed by atoms with Crippen LogP contribution < -0.4 is 0 Å². The van der Waals surface area contributed by atoms with Crippen molar-refractivity contribution in [2.24, 2.45) is 0 Å². The first-order chi connectivity index (χ1) is 11.0. The second-order valence-corrected chi connectivity index (χ2v) is 6.13. The number of carbonyl (C=O) groups is 1. The Bertz CT molecular complexity index is 518. The largest absolute Gasteiger partial charge is 0.390 e. The Morgan fingerprint density at radius 2 is 2.17 bits per heavy atom. The van der Waals surface area contributed by atoms with Gasteiger partial charge in [-0.25, -0.2) is 4.39 Å². The quantitative estimate of drug-likeness (QED) is 0.842. The summed E-state index contributed by atoms with van der Waals surface area (Å²) in [4.78, 5) is 15.7. The number of likely N-dealkylation sites (N-methyl/N-ethyl adjacent to an activating group) is 1. The lowest BCUT2D eigenvalue weighted by molar-refractivity contribution is -0.130. The number of halogens is 2. The van der Waals surface area contributed by atoms with Crippen LogP contribution in [-0.4, -0.2) is 73.4 Å². The van der Waals surface area contributed by atoms with E-state index in [2.05, 4.69) is 4.90 Å². The summed E-state index contributed by atoms with van der Waals surface area (Å²) in [6, 6.07) is 4.34. The van der Waals surface area contributed by atoms with Gasteiger partial charge in [0.1, 0.15) is 5.82 Å². The highest BCUT2D eigenvalue weighted by Crippen LogP contribution is 2.20. The Kier molecular flexibility index (Phi) is 6.77. The van der Waals surface area contributed by atoms with Crippen LogP contribution in [0.4, 0.5) is 4.39 Å². The van der Waals surface area contributed by atoms with Crippen LogP contribution in [0.25, 0.3) is 0 Å². The summed E-state index contributed by atoms with van der Waals surface area (Å²) in [5.41, 5.74) is 0.189. The molecule has 1 aromatic rings. The minimum atomic E-state index is -0.654. The first-order valence-corrected chi connectivity index (χ1v) is 8.00. The Labute approximate surface area is 140 Å². The lowest BCUT2D eigenvalue weighted by Gasteiger charge is -2.30. The maximum absolute atomic E-state index is 13.7. The molecule has 23 heavy (non-hydrogen) atoms. The molecule has 1 fully saturated rings. The molecule has 7 heteroatoms. The van der Waals surface area contributed by atoms with Crippen LogP contribution in [0.2, 0.25) is 5.02 Å². The Morgan fingerprint density at radius 1 is 1.48 bits per heavy atom. The second-order valence-electron chi connectivity index (χ2n) is 5.72. The zero-order valence-electron chi connectivity index (χ0n) is 13.2. The number of aliphatic hydroxyl groups is 1. The van der Waals surface area contributed by atoms with Crippen molar-refractivity contribution < 1.29 is 19.0 Å². The number of nitrogens with zero attached hydrogens (tertiary/aromatic N) is 2. The van der Waals surface area contributed by atoms with Gasteiger partial charge in [0, 0.05) is 43.8 Å². The number of rotatable bonds is 6. The molecular weight excluding hydrogens is 323 g/mol. The van der Waals surface area contributed by atoms with Crippen molar-refractivity contribution >= 4 is 17.5 Å². The molecule has 1 heterocycles. The van der Waals surface area contributed by atoms with E-state index in [0.717, 1.165) is 13.1 Å². The summed E-state index contributed by atoms with van der Waals surface area (Å²) in [6.45, 7) is 3.56. The number of β-amino-alcohol motifs (C(OH)–C–C–N with tert-alkyl or cyclic N) is 1. The molecule has 1 unspecified atom stereocenters. The molecule has 1 saturated heterocycles. The summed E-state index contributed by atoms with van der Waals surface area (Å²) >= 11 is 5.93. The molecular formula is C16H22ClFN2O3. The van der Waals surface area contributed by atoms with Crippen molar-refractivity contribution in [3.63, 3.8) is 0 Å². The van der Waals surface area contributed by atoms with Crippen LogP contribution in [0.3, 0.4) is 0 Å². The van der Waals surface area contributed by atoms with Crippen LogP contribution in [0.15, 0.2) is 18.2 Å². The molecule has 0 radical (unpaired) electrons. The molecule has 2 rings (SSSR count). The van der Waals surface area contributed by atoms with Crippen LogP contribution in [-0.2, 0) is 16.0 Å². The number of morpholine rings is 1. The van der Waals surface area contributed by atoms with E-state index < -0.39 is 11.9 Å². The lowest BCUT2D eigenvalue weighted by atomic mass is 10.1. The van der Waals surface area contributed by atoms with Gasteiger partial charge in [-0.2, -0.15) is 0 Å². The SMILES string of the molecule is CN(CC(O)CN1CCOCC1)C(=O)Cc1c(F)cccc1Cl. The zero-order valence-corrected chi connectivity index (χ0v) is 13.9. The highest BCUT2D eigenvalue weighted by Gasteiger charge is 2.20. The summed E-state index contributed by atoms with van der Waals surface area (Å²) < 4.78 is 19.0. The molecule has 0 aromatic heterocycles. The standard InChI is InChI=1S/C16H22ClFN2O3/c1-19(10-12(21)11-20-5-7-23-8-6-20)16(22)9-13-14(17)3-2-4-15(13)18/h2-4,12,21H,5-11H2,1H3. The number of hydrogen-bond donors (Lipinski definition) is 1. The smallest absolute Gasteiger partial charge is 0.226 e. The van der Waals surface area contributed by atoms with Gasteiger partial charge in [0.15, 0.2) is 0 Å². The highest BCUT2D eigenvalue weighted by molar-refractivity contribution is 6.31. The summed E-state index contributed by atoms with van der Waals surface area (Å²) in [5, 5.41) is 10.4. The van der Waals surface area contributed by atoms with Gasteiger partial charge in [-0.1, -0.05) is 17.7 Å². The summed E-state index contributed by atoms with van der Waals surface area (Å²) in [5.74, 6) is -0.772. The van der Waals surface area contributed by atoms with Crippen molar-refractivity contribution in [1.82, 2.24) is 9.80 Å². The van der Waals surface area contributed by atoms with Gasteiger partial charge in [0.25, 0.3) is 0 Å². The Balaban J connectivity index is 1.84. The van der Waals surface area contributed by atoms with Crippen LogP contribution in [0.5, 0.6) is 0 Å². The average Bonchev–Trinajstić information content (AvgIpc) is 2.51. The molecule has 128 valence electrons. The van der Waals surface area contributed by atoms with E-state index in [4.69, 9.17) is 16.3 Å². The minimum absolute atomic E-state index is 0.119. The number of benzene rings is 1. The predicted molar refractivity (Wildman–Crippen MR) is 86.0 cm³/mol. The van der Waals surface area contributed by atoms with Gasteiger partial charge in [-0.15, -0.1) is 0 Å². The van der Waals surface area contributed by atoms with Crippen molar-refractivity contribution in [1.29, 1.82) is 0 Å². The first-order valence-electron chi connectivity index (χ1n) is 7.62. The van der Waals surface area contributed by atoms with Gasteiger partial charge >= 0.3 is 0 Å². The number of amides is 1. The molecule has 1 atom stereocenters. The summed E-state index contributed by atoms with van der Waals surface area (Å²) in [6.07, 6.45) is -0.773. The van der Waals surface area contributed by atoms with Crippen LogP contribution in [0, 0.1) is 5.82 Å². The summed E-state index contributed by atoms with van der Waals surface area (Å²) in [7, 11) is 1.60. The molecule has 1 aromatic carbocycles. The van der Waals surface area contributed by atoms with E-state index >= 15 is 0 Å². The zero-order chi connectivity index (χ0) is 16.8. The van der Waals surface area contributed by atoms with Gasteiger partial charge in [-0.3, -0.25) is 9.69 Å². The van der Waals surface area contributed by atoms with E-state index in [1.807, 2.05) is 0 Å². The third kappa shape index (κ3) is 5.42. The van der Waals surface area contributed by atoms with Crippen molar-refractivity contribution in [2.75, 3.05) is 46.4 Å². The maximum atomic E-state index is 13.7. The fourth-order valence-electron chi connectivity index (χ4n) is 2.54. The Morgan fingerprint density at radius 3 is 2.83 bits per heavy atom. The molecule has 5 nitrogen and oxygen atoms in total. The number of hydrogen-bond acceptors (Lipinski definition) is 4. The fourth-order valence-corrected chi connectivity index (χ4v) is 2.77. The second kappa shape index (κ2) is 8.59.